The second-order valence-corrected chi connectivity index (χ2v) is 1.82. The summed E-state index contributed by atoms with van der Waals surface area (Å²) in [5.41, 5.74) is 5.23. The zero-order valence-corrected chi connectivity index (χ0v) is 5.20. The molecule has 0 aromatic carbocycles. The second-order valence-electron chi connectivity index (χ2n) is 1.45. The molecule has 0 spiro atoms. The molecule has 0 aliphatic rings. The first kappa shape index (κ1) is 5.30. The Morgan fingerprint density at radius 1 is 1.88 bits per heavy atom. The molecule has 1 rings (SSSR count). The maximum Gasteiger partial charge on any atom is 0.217 e. The first-order chi connectivity index (χ1) is 3.70. The van der Waals surface area contributed by atoms with Crippen LogP contribution in [0, 0.1) is 4.77 Å². The highest BCUT2D eigenvalue weighted by Crippen LogP contribution is 1.87. The van der Waals surface area contributed by atoms with Crippen molar-refractivity contribution in [3.05, 3.63) is 4.77 Å². The molecule has 0 saturated heterocycles. The van der Waals surface area contributed by atoms with E-state index in [4.69, 9.17) is 18.0 Å². The van der Waals surface area contributed by atoms with Gasteiger partial charge in [-0.05, 0) is 12.2 Å². The van der Waals surface area contributed by atoms with Crippen LogP contribution >= 0.6 is 12.2 Å². The Hall–Kier alpha value is -0.840. The molecule has 4 nitrogen and oxygen atoms in total. The standard InChI is InChI=1S/C3H6N4S/c1-7-3(8)5-2(4)6-7/h1H3,(H3,4,5,6,8). The molecule has 0 unspecified atom stereocenters. The topological polar surface area (TPSA) is 59.6 Å². The Labute approximate surface area is 51.3 Å². The van der Waals surface area contributed by atoms with Crippen molar-refractivity contribution in [3.8, 4) is 0 Å². The number of aromatic nitrogens is 3. The first-order valence-corrected chi connectivity index (χ1v) is 2.49. The molecule has 8 heavy (non-hydrogen) atoms. The van der Waals surface area contributed by atoms with Crippen molar-refractivity contribution in [2.24, 2.45) is 7.05 Å². The third-order valence-electron chi connectivity index (χ3n) is 0.785. The number of rotatable bonds is 0. The quantitative estimate of drug-likeness (QED) is 0.488. The maximum absolute atomic E-state index is 5.23. The van der Waals surface area contributed by atoms with Crippen LogP contribution in [0.1, 0.15) is 0 Å². The van der Waals surface area contributed by atoms with Crippen LogP contribution in [0.25, 0.3) is 0 Å². The maximum atomic E-state index is 5.23. The highest BCUT2D eigenvalue weighted by Gasteiger charge is 1.88. The Morgan fingerprint density at radius 2 is 2.50 bits per heavy atom. The number of nitrogens with zero attached hydrogens (tertiary/aromatic N) is 2. The number of aryl methyl sites for hydroxylation is 1. The van der Waals surface area contributed by atoms with Crippen LogP contribution in [0.5, 0.6) is 0 Å². The zero-order chi connectivity index (χ0) is 6.15. The third kappa shape index (κ3) is 0.717. The van der Waals surface area contributed by atoms with Crippen LogP contribution in [-0.2, 0) is 7.05 Å². The van der Waals surface area contributed by atoms with Crippen LogP contribution in [0.4, 0.5) is 5.95 Å². The molecular weight excluding hydrogens is 124 g/mol. The summed E-state index contributed by atoms with van der Waals surface area (Å²) in [6.07, 6.45) is 0. The van der Waals surface area contributed by atoms with Gasteiger partial charge in [0.1, 0.15) is 0 Å². The number of hydrogen-bond donors (Lipinski definition) is 2. The summed E-state index contributed by atoms with van der Waals surface area (Å²) in [7, 11) is 1.76. The molecular formula is C3H6N4S. The number of nitrogens with two attached hydrogens (primary N) is 1. The van der Waals surface area contributed by atoms with Gasteiger partial charge in [-0.15, -0.1) is 0 Å². The number of H-pyrrole nitrogens is 1. The largest absolute Gasteiger partial charge is 0.368 e. The lowest BCUT2D eigenvalue weighted by Crippen LogP contribution is -1.91. The third-order valence-corrected chi connectivity index (χ3v) is 1.15. The summed E-state index contributed by atoms with van der Waals surface area (Å²) in [4.78, 5) is 3.71. The lowest BCUT2D eigenvalue weighted by Gasteiger charge is -1.82. The van der Waals surface area contributed by atoms with Gasteiger partial charge in [0.15, 0.2) is 0 Å². The van der Waals surface area contributed by atoms with Gasteiger partial charge in [-0.25, -0.2) is 0 Å². The minimum atomic E-state index is 0.359. The Balaban J connectivity index is 3.35. The van der Waals surface area contributed by atoms with E-state index >= 15 is 0 Å². The molecule has 1 heterocycles. The van der Waals surface area contributed by atoms with E-state index < -0.39 is 0 Å². The second kappa shape index (κ2) is 1.59. The predicted octanol–water partition coefficient (Wildman–Crippen LogP) is 0.0599. The smallest absolute Gasteiger partial charge is 0.217 e. The van der Waals surface area contributed by atoms with Gasteiger partial charge in [-0.2, -0.15) is 4.98 Å². The summed E-state index contributed by atoms with van der Waals surface area (Å²) in [5, 5.41) is 2.69. The summed E-state index contributed by atoms with van der Waals surface area (Å²) >= 11 is 4.71. The van der Waals surface area contributed by atoms with Gasteiger partial charge < -0.3 is 5.73 Å². The number of anilines is 1. The van der Waals surface area contributed by atoms with Crippen molar-refractivity contribution in [1.29, 1.82) is 0 Å². The van der Waals surface area contributed by atoms with Gasteiger partial charge in [-0.1, -0.05) is 0 Å². The van der Waals surface area contributed by atoms with E-state index in [2.05, 4.69) is 10.1 Å². The fraction of sp³-hybridized carbons (Fsp3) is 0.333. The molecule has 0 radical (unpaired) electrons. The minimum absolute atomic E-state index is 0.359. The molecule has 0 fully saturated rings. The number of nitrogens with one attached hydrogen (secondary N) is 1. The Morgan fingerprint density at radius 3 is 2.62 bits per heavy atom. The van der Waals surface area contributed by atoms with Gasteiger partial charge in [0, 0.05) is 7.05 Å². The van der Waals surface area contributed by atoms with E-state index in [1.807, 2.05) is 0 Å². The lowest BCUT2D eigenvalue weighted by molar-refractivity contribution is 0.757. The zero-order valence-electron chi connectivity index (χ0n) is 4.38. The highest BCUT2D eigenvalue weighted by molar-refractivity contribution is 7.71. The summed E-state index contributed by atoms with van der Waals surface area (Å²) < 4.78 is 2.05. The fourth-order valence-corrected chi connectivity index (χ4v) is 0.567. The van der Waals surface area contributed by atoms with Gasteiger partial charge in [0.05, 0.1) is 0 Å². The number of hydrogen-bond acceptors (Lipinski definition) is 3. The summed E-state index contributed by atoms with van der Waals surface area (Å²) in [6, 6.07) is 0. The Bertz CT molecular complexity index is 234. The van der Waals surface area contributed by atoms with Crippen LogP contribution in [0.2, 0.25) is 0 Å². The number of aromatic amines is 1. The van der Waals surface area contributed by atoms with Crippen LogP contribution in [0.3, 0.4) is 0 Å². The molecule has 44 valence electrons. The molecule has 3 N–H and O–H groups in total. The summed E-state index contributed by atoms with van der Waals surface area (Å²) in [6.45, 7) is 0. The van der Waals surface area contributed by atoms with Crippen molar-refractivity contribution in [2.45, 2.75) is 0 Å². The van der Waals surface area contributed by atoms with Gasteiger partial charge in [0.25, 0.3) is 0 Å². The van der Waals surface area contributed by atoms with E-state index in [1.54, 1.807) is 11.7 Å². The van der Waals surface area contributed by atoms with Crippen LogP contribution in [0.15, 0.2) is 0 Å². The highest BCUT2D eigenvalue weighted by atomic mass is 32.1. The average molecular weight is 130 g/mol. The molecule has 0 bridgehead atoms. The lowest BCUT2D eigenvalue weighted by atomic mass is 11.1. The molecule has 0 atom stereocenters. The van der Waals surface area contributed by atoms with E-state index in [-0.39, 0.29) is 0 Å². The van der Waals surface area contributed by atoms with Crippen LogP contribution in [-0.4, -0.2) is 14.8 Å². The minimum Gasteiger partial charge on any atom is -0.368 e. The fourth-order valence-electron chi connectivity index (χ4n) is 0.423. The van der Waals surface area contributed by atoms with Crippen LogP contribution < -0.4 is 5.73 Å². The monoisotopic (exact) mass is 130 g/mol. The first-order valence-electron chi connectivity index (χ1n) is 2.08. The SMILES string of the molecule is Cn1[nH]c(N)nc1=S. The molecule has 0 aliphatic heterocycles. The van der Waals surface area contributed by atoms with Gasteiger partial charge in [-0.3, -0.25) is 9.78 Å². The van der Waals surface area contributed by atoms with Crippen molar-refractivity contribution in [1.82, 2.24) is 14.8 Å². The average Bonchev–Trinajstić information content (AvgIpc) is 1.85. The Kier molecular flexibility index (Phi) is 1.05. The summed E-state index contributed by atoms with van der Waals surface area (Å²) in [5.74, 6) is 0.359. The van der Waals surface area contributed by atoms with Crippen molar-refractivity contribution < 1.29 is 0 Å². The van der Waals surface area contributed by atoms with Crippen molar-refractivity contribution in [3.63, 3.8) is 0 Å². The molecule has 5 heteroatoms. The molecule has 0 aliphatic carbocycles. The van der Waals surface area contributed by atoms with E-state index in [0.29, 0.717) is 10.7 Å². The molecule has 1 aromatic rings. The predicted molar refractivity (Wildman–Crippen MR) is 32.8 cm³/mol. The van der Waals surface area contributed by atoms with E-state index in [9.17, 15) is 0 Å². The van der Waals surface area contributed by atoms with E-state index in [1.165, 1.54) is 0 Å². The van der Waals surface area contributed by atoms with Crippen molar-refractivity contribution in [2.75, 3.05) is 5.73 Å². The molecule has 1 aromatic heterocycles. The van der Waals surface area contributed by atoms with E-state index in [0.717, 1.165) is 0 Å². The molecule has 0 amide bonds. The number of nitrogen functional groups attached to an aromatic ring is 1. The van der Waals surface area contributed by atoms with Gasteiger partial charge in [0.2, 0.25) is 10.7 Å². The van der Waals surface area contributed by atoms with Crippen molar-refractivity contribution >= 4 is 18.2 Å². The van der Waals surface area contributed by atoms with Gasteiger partial charge >= 0.3 is 0 Å². The normalized spacial score (nSPS) is 9.62. The molecule has 0 saturated carbocycles.